The maximum atomic E-state index is 11.7. The number of hydrogen-bond donors (Lipinski definition) is 3. The number of nitrogens with two attached hydrogens (primary N) is 1. The van der Waals surface area contributed by atoms with Crippen molar-refractivity contribution in [2.24, 2.45) is 5.73 Å². The van der Waals surface area contributed by atoms with Crippen LogP contribution in [0.15, 0.2) is 18.2 Å². The van der Waals surface area contributed by atoms with Gasteiger partial charge in [-0.1, -0.05) is 11.6 Å². The molecule has 0 bridgehead atoms. The first-order chi connectivity index (χ1) is 8.19. The van der Waals surface area contributed by atoms with E-state index in [4.69, 9.17) is 22.4 Å². The van der Waals surface area contributed by atoms with Crippen molar-refractivity contribution in [1.29, 1.82) is 0 Å². The fraction of sp³-hybridized carbons (Fsp3) is 0.333. The third-order valence-corrected chi connectivity index (χ3v) is 2.34. The third kappa shape index (κ3) is 4.35. The Kier molecular flexibility index (Phi) is 4.32. The lowest BCUT2D eigenvalue weighted by molar-refractivity contribution is -0.117. The maximum absolute atomic E-state index is 11.7. The Morgan fingerprint density at radius 2 is 2.06 bits per heavy atom. The Balaban J connectivity index is 2.91. The molecule has 0 radical (unpaired) electrons. The molecular weight excluding hydrogens is 256 g/mol. The van der Waals surface area contributed by atoms with Gasteiger partial charge < -0.3 is 16.2 Å². The van der Waals surface area contributed by atoms with Crippen molar-refractivity contribution in [1.82, 2.24) is 0 Å². The molecule has 0 saturated carbocycles. The van der Waals surface area contributed by atoms with Crippen molar-refractivity contribution in [2.75, 3.05) is 5.32 Å². The standard InChI is InChI=1S/C12H15ClN2O3/c1-12(2,14)6-10(16)15-9-4-3-7(13)5-8(9)11(17)18/h3-5H,6,14H2,1-2H3,(H,15,16)(H,17,18). The Morgan fingerprint density at radius 1 is 1.44 bits per heavy atom. The molecule has 0 saturated heterocycles. The summed E-state index contributed by atoms with van der Waals surface area (Å²) in [6.07, 6.45) is 0.0919. The van der Waals surface area contributed by atoms with Crippen LogP contribution in [0.5, 0.6) is 0 Å². The summed E-state index contributed by atoms with van der Waals surface area (Å²) in [5.41, 5.74) is 5.22. The Labute approximate surface area is 110 Å². The Hall–Kier alpha value is -1.59. The van der Waals surface area contributed by atoms with E-state index in [1.54, 1.807) is 13.8 Å². The number of hydrogen-bond acceptors (Lipinski definition) is 3. The summed E-state index contributed by atoms with van der Waals surface area (Å²) in [4.78, 5) is 22.7. The molecule has 98 valence electrons. The highest BCUT2D eigenvalue weighted by atomic mass is 35.5. The predicted octanol–water partition coefficient (Wildman–Crippen LogP) is 2.10. The summed E-state index contributed by atoms with van der Waals surface area (Å²) < 4.78 is 0. The summed E-state index contributed by atoms with van der Waals surface area (Å²) in [5, 5.41) is 11.8. The second-order valence-electron chi connectivity index (χ2n) is 4.71. The van der Waals surface area contributed by atoms with Gasteiger partial charge in [0.15, 0.2) is 0 Å². The molecule has 18 heavy (non-hydrogen) atoms. The first-order valence-corrected chi connectivity index (χ1v) is 5.68. The molecule has 6 heteroatoms. The van der Waals surface area contributed by atoms with Crippen LogP contribution in [0.25, 0.3) is 0 Å². The van der Waals surface area contributed by atoms with Gasteiger partial charge in [0.05, 0.1) is 11.3 Å². The molecule has 1 amide bonds. The third-order valence-electron chi connectivity index (χ3n) is 2.10. The van der Waals surface area contributed by atoms with Crippen molar-refractivity contribution in [3.63, 3.8) is 0 Å². The molecule has 0 fully saturated rings. The molecule has 1 aromatic carbocycles. The molecule has 4 N–H and O–H groups in total. The maximum Gasteiger partial charge on any atom is 0.337 e. The van der Waals surface area contributed by atoms with E-state index < -0.39 is 11.5 Å². The van der Waals surface area contributed by atoms with Crippen LogP contribution in [0.1, 0.15) is 30.6 Å². The largest absolute Gasteiger partial charge is 0.478 e. The van der Waals surface area contributed by atoms with Crippen LogP contribution in [-0.2, 0) is 4.79 Å². The summed E-state index contributed by atoms with van der Waals surface area (Å²) in [6, 6.07) is 4.25. The molecule has 0 heterocycles. The van der Waals surface area contributed by atoms with Gasteiger partial charge >= 0.3 is 5.97 Å². The smallest absolute Gasteiger partial charge is 0.337 e. The molecule has 0 aromatic heterocycles. The number of carboxylic acids is 1. The second-order valence-corrected chi connectivity index (χ2v) is 5.15. The first-order valence-electron chi connectivity index (χ1n) is 5.30. The van der Waals surface area contributed by atoms with E-state index >= 15 is 0 Å². The minimum absolute atomic E-state index is 0.0503. The summed E-state index contributed by atoms with van der Waals surface area (Å²) in [5.74, 6) is -1.49. The molecule has 0 aliphatic carbocycles. The number of anilines is 1. The van der Waals surface area contributed by atoms with Gasteiger partial charge in [-0.2, -0.15) is 0 Å². The van der Waals surface area contributed by atoms with Crippen LogP contribution >= 0.6 is 11.6 Å². The average molecular weight is 271 g/mol. The first kappa shape index (κ1) is 14.5. The molecule has 1 rings (SSSR count). The normalized spacial score (nSPS) is 11.1. The fourth-order valence-electron chi connectivity index (χ4n) is 1.41. The van der Waals surface area contributed by atoms with Gasteiger partial charge in [-0.25, -0.2) is 4.79 Å². The van der Waals surface area contributed by atoms with E-state index in [2.05, 4.69) is 5.32 Å². The molecular formula is C12H15ClN2O3. The average Bonchev–Trinajstić information content (AvgIpc) is 2.17. The van der Waals surface area contributed by atoms with Gasteiger partial charge in [-0.05, 0) is 32.0 Å². The van der Waals surface area contributed by atoms with Gasteiger partial charge in [0, 0.05) is 17.0 Å². The highest BCUT2D eigenvalue weighted by molar-refractivity contribution is 6.31. The predicted molar refractivity (Wildman–Crippen MR) is 69.9 cm³/mol. The van der Waals surface area contributed by atoms with Crippen LogP contribution in [-0.4, -0.2) is 22.5 Å². The van der Waals surface area contributed by atoms with Crippen LogP contribution in [0.2, 0.25) is 5.02 Å². The summed E-state index contributed by atoms with van der Waals surface area (Å²) in [6.45, 7) is 3.43. The topological polar surface area (TPSA) is 92.4 Å². The molecule has 0 aliphatic rings. The van der Waals surface area contributed by atoms with Crippen LogP contribution in [0.4, 0.5) is 5.69 Å². The molecule has 0 aliphatic heterocycles. The molecule has 1 aromatic rings. The minimum Gasteiger partial charge on any atom is -0.478 e. The number of amides is 1. The summed E-state index contributed by atoms with van der Waals surface area (Å²) in [7, 11) is 0. The number of carbonyl (C=O) groups is 2. The van der Waals surface area contributed by atoms with E-state index in [0.29, 0.717) is 5.02 Å². The molecule has 0 atom stereocenters. The zero-order valence-electron chi connectivity index (χ0n) is 10.2. The fourth-order valence-corrected chi connectivity index (χ4v) is 1.58. The van der Waals surface area contributed by atoms with E-state index in [-0.39, 0.29) is 23.6 Å². The monoisotopic (exact) mass is 270 g/mol. The molecule has 0 spiro atoms. The SMILES string of the molecule is CC(C)(N)CC(=O)Nc1ccc(Cl)cc1C(=O)O. The quantitative estimate of drug-likeness (QED) is 0.781. The van der Waals surface area contributed by atoms with Crippen molar-refractivity contribution in [2.45, 2.75) is 25.8 Å². The van der Waals surface area contributed by atoms with E-state index in [9.17, 15) is 9.59 Å². The lowest BCUT2D eigenvalue weighted by Gasteiger charge is -2.18. The molecule has 0 unspecified atom stereocenters. The van der Waals surface area contributed by atoms with Crippen LogP contribution in [0.3, 0.4) is 0 Å². The van der Waals surface area contributed by atoms with Gasteiger partial charge in [0.1, 0.15) is 0 Å². The number of rotatable bonds is 4. The summed E-state index contributed by atoms with van der Waals surface area (Å²) >= 11 is 5.71. The lowest BCUT2D eigenvalue weighted by Crippen LogP contribution is -2.36. The number of halogens is 1. The van der Waals surface area contributed by atoms with Crippen molar-refractivity contribution < 1.29 is 14.7 Å². The number of carboxylic acid groups (broad SMARTS) is 1. The molecule has 5 nitrogen and oxygen atoms in total. The second kappa shape index (κ2) is 5.37. The van der Waals surface area contributed by atoms with Gasteiger partial charge in [0.25, 0.3) is 0 Å². The number of aromatic carboxylic acids is 1. The van der Waals surface area contributed by atoms with Crippen LogP contribution in [0, 0.1) is 0 Å². The van der Waals surface area contributed by atoms with Gasteiger partial charge in [0.2, 0.25) is 5.91 Å². The van der Waals surface area contributed by atoms with Crippen molar-refractivity contribution in [3.05, 3.63) is 28.8 Å². The van der Waals surface area contributed by atoms with Crippen molar-refractivity contribution in [3.8, 4) is 0 Å². The zero-order valence-corrected chi connectivity index (χ0v) is 10.9. The van der Waals surface area contributed by atoms with E-state index in [1.165, 1.54) is 18.2 Å². The lowest BCUT2D eigenvalue weighted by atomic mass is 10.0. The number of nitrogens with one attached hydrogen (secondary N) is 1. The van der Waals surface area contributed by atoms with Crippen molar-refractivity contribution >= 4 is 29.2 Å². The number of benzene rings is 1. The van der Waals surface area contributed by atoms with Gasteiger partial charge in [-0.3, -0.25) is 4.79 Å². The Morgan fingerprint density at radius 3 is 2.56 bits per heavy atom. The minimum atomic E-state index is -1.15. The van der Waals surface area contributed by atoms with Gasteiger partial charge in [-0.15, -0.1) is 0 Å². The van der Waals surface area contributed by atoms with E-state index in [0.717, 1.165) is 0 Å². The highest BCUT2D eigenvalue weighted by Crippen LogP contribution is 2.21. The zero-order chi connectivity index (χ0) is 13.9. The number of carbonyl (C=O) groups excluding carboxylic acids is 1. The Bertz CT molecular complexity index is 481. The van der Waals surface area contributed by atoms with E-state index in [1.807, 2.05) is 0 Å². The highest BCUT2D eigenvalue weighted by Gasteiger charge is 2.18. The van der Waals surface area contributed by atoms with Crippen LogP contribution < -0.4 is 11.1 Å².